The predicted octanol–water partition coefficient (Wildman–Crippen LogP) is 2.89. The van der Waals surface area contributed by atoms with Crippen LogP contribution in [0.3, 0.4) is 0 Å². The van der Waals surface area contributed by atoms with Crippen LogP contribution in [0.25, 0.3) is 0 Å². The molecule has 1 aromatic carbocycles. The van der Waals surface area contributed by atoms with Crippen LogP contribution in [0, 0.1) is 0 Å². The van der Waals surface area contributed by atoms with Crippen LogP contribution in [0.1, 0.15) is 18.4 Å². The Morgan fingerprint density at radius 3 is 2.38 bits per heavy atom. The molecule has 0 radical (unpaired) electrons. The molecule has 1 aromatic heterocycles. The lowest BCUT2D eigenvalue weighted by molar-refractivity contribution is -0.115. The van der Waals surface area contributed by atoms with Crippen molar-refractivity contribution in [3.8, 4) is 0 Å². The Labute approximate surface area is 127 Å². The molecular weight excluding hydrogens is 288 g/mol. The number of amides is 1. The Morgan fingerprint density at radius 2 is 1.76 bits per heavy atom. The standard InChI is InChI=1S/C15H15ClN4O/c16-11-3-1-10(2-4-11)9-15(21)18-14-8-7-13(19-20-14)17-12-5-6-12/h1-4,7-8,12H,5-6,9H2,(H,17,19)(H,18,20,21). The van der Waals surface area contributed by atoms with E-state index >= 15 is 0 Å². The van der Waals surface area contributed by atoms with E-state index in [1.807, 2.05) is 18.2 Å². The zero-order chi connectivity index (χ0) is 14.7. The van der Waals surface area contributed by atoms with Gasteiger partial charge in [0.15, 0.2) is 5.82 Å². The third-order valence-electron chi connectivity index (χ3n) is 3.14. The first-order valence-electron chi connectivity index (χ1n) is 6.83. The molecule has 1 heterocycles. The summed E-state index contributed by atoms with van der Waals surface area (Å²) in [5.41, 5.74) is 0.900. The van der Waals surface area contributed by atoms with E-state index in [1.165, 1.54) is 12.8 Å². The van der Waals surface area contributed by atoms with Crippen LogP contribution < -0.4 is 10.6 Å². The van der Waals surface area contributed by atoms with Crippen LogP contribution in [0.4, 0.5) is 11.6 Å². The summed E-state index contributed by atoms with van der Waals surface area (Å²) in [7, 11) is 0. The van der Waals surface area contributed by atoms with Crippen molar-refractivity contribution in [2.24, 2.45) is 0 Å². The molecule has 2 N–H and O–H groups in total. The molecule has 1 saturated carbocycles. The summed E-state index contributed by atoms with van der Waals surface area (Å²) in [5, 5.41) is 14.7. The molecule has 108 valence electrons. The second-order valence-electron chi connectivity index (χ2n) is 5.07. The van der Waals surface area contributed by atoms with Crippen LogP contribution in [-0.4, -0.2) is 22.1 Å². The van der Waals surface area contributed by atoms with Crippen molar-refractivity contribution in [3.63, 3.8) is 0 Å². The molecule has 21 heavy (non-hydrogen) atoms. The van der Waals surface area contributed by atoms with Gasteiger partial charge in [0.2, 0.25) is 5.91 Å². The monoisotopic (exact) mass is 302 g/mol. The van der Waals surface area contributed by atoms with Crippen LogP contribution in [-0.2, 0) is 11.2 Å². The Hall–Kier alpha value is -2.14. The largest absolute Gasteiger partial charge is 0.366 e. The highest BCUT2D eigenvalue weighted by atomic mass is 35.5. The van der Waals surface area contributed by atoms with Crippen LogP contribution >= 0.6 is 11.6 Å². The second kappa shape index (κ2) is 6.10. The summed E-state index contributed by atoms with van der Waals surface area (Å²) in [4.78, 5) is 11.9. The lowest BCUT2D eigenvalue weighted by Crippen LogP contribution is -2.16. The summed E-state index contributed by atoms with van der Waals surface area (Å²) in [6.07, 6.45) is 2.64. The van der Waals surface area contributed by atoms with E-state index in [1.54, 1.807) is 18.2 Å². The molecule has 6 heteroatoms. The summed E-state index contributed by atoms with van der Waals surface area (Å²) in [6, 6.07) is 11.3. The number of benzene rings is 1. The van der Waals surface area contributed by atoms with E-state index in [9.17, 15) is 4.79 Å². The Balaban J connectivity index is 1.55. The van der Waals surface area contributed by atoms with Crippen LogP contribution in [0.5, 0.6) is 0 Å². The van der Waals surface area contributed by atoms with Crippen molar-refractivity contribution < 1.29 is 4.79 Å². The van der Waals surface area contributed by atoms with Crippen molar-refractivity contribution in [1.82, 2.24) is 10.2 Å². The maximum absolute atomic E-state index is 11.9. The lowest BCUT2D eigenvalue weighted by atomic mass is 10.1. The minimum Gasteiger partial charge on any atom is -0.366 e. The molecule has 1 aliphatic carbocycles. The SMILES string of the molecule is O=C(Cc1ccc(Cl)cc1)Nc1ccc(NC2CC2)nn1. The first kappa shape index (κ1) is 13.8. The van der Waals surface area contributed by atoms with Crippen LogP contribution in [0.2, 0.25) is 5.02 Å². The summed E-state index contributed by atoms with van der Waals surface area (Å²) in [5.74, 6) is 1.07. The highest BCUT2D eigenvalue weighted by Crippen LogP contribution is 2.23. The quantitative estimate of drug-likeness (QED) is 0.891. The number of hydrogen-bond donors (Lipinski definition) is 2. The molecule has 1 aliphatic rings. The zero-order valence-corrected chi connectivity index (χ0v) is 12.1. The minimum atomic E-state index is -0.130. The number of halogens is 1. The third kappa shape index (κ3) is 4.16. The summed E-state index contributed by atoms with van der Waals surface area (Å²) < 4.78 is 0. The average molecular weight is 303 g/mol. The predicted molar refractivity (Wildman–Crippen MR) is 82.5 cm³/mol. The highest BCUT2D eigenvalue weighted by molar-refractivity contribution is 6.30. The van der Waals surface area contributed by atoms with E-state index in [0.29, 0.717) is 16.9 Å². The molecule has 0 atom stereocenters. The van der Waals surface area contributed by atoms with Crippen LogP contribution in [0.15, 0.2) is 36.4 Å². The highest BCUT2D eigenvalue weighted by Gasteiger charge is 2.21. The molecule has 0 unspecified atom stereocenters. The number of rotatable bonds is 5. The minimum absolute atomic E-state index is 0.130. The number of anilines is 2. The van der Waals surface area contributed by atoms with Crippen molar-refractivity contribution in [3.05, 3.63) is 47.0 Å². The second-order valence-corrected chi connectivity index (χ2v) is 5.51. The molecule has 0 aliphatic heterocycles. The smallest absolute Gasteiger partial charge is 0.229 e. The van der Waals surface area contributed by atoms with Gasteiger partial charge in [-0.15, -0.1) is 10.2 Å². The normalized spacial score (nSPS) is 13.8. The molecule has 3 rings (SSSR count). The topological polar surface area (TPSA) is 66.9 Å². The molecular formula is C15H15ClN4O. The van der Waals surface area contributed by atoms with Crippen molar-refractivity contribution in [1.29, 1.82) is 0 Å². The number of hydrogen-bond acceptors (Lipinski definition) is 4. The van der Waals surface area contributed by atoms with Gasteiger partial charge in [-0.25, -0.2) is 0 Å². The van der Waals surface area contributed by atoms with Crippen molar-refractivity contribution >= 4 is 29.1 Å². The van der Waals surface area contributed by atoms with Crippen molar-refractivity contribution in [2.45, 2.75) is 25.3 Å². The first-order chi connectivity index (χ1) is 10.2. The fourth-order valence-electron chi connectivity index (χ4n) is 1.89. The van der Waals surface area contributed by atoms with Gasteiger partial charge in [0.05, 0.1) is 6.42 Å². The van der Waals surface area contributed by atoms with Gasteiger partial charge in [-0.05, 0) is 42.7 Å². The molecule has 1 fully saturated rings. The molecule has 0 spiro atoms. The van der Waals surface area contributed by atoms with Gasteiger partial charge in [-0.2, -0.15) is 0 Å². The maximum atomic E-state index is 11.9. The summed E-state index contributed by atoms with van der Waals surface area (Å²) >= 11 is 5.81. The average Bonchev–Trinajstić information content (AvgIpc) is 3.28. The Morgan fingerprint density at radius 1 is 1.10 bits per heavy atom. The number of carbonyl (C=O) groups excluding carboxylic acids is 1. The Bertz CT molecular complexity index is 623. The van der Waals surface area contributed by atoms with Gasteiger partial charge < -0.3 is 10.6 Å². The molecule has 5 nitrogen and oxygen atoms in total. The van der Waals surface area contributed by atoms with Gasteiger partial charge in [0, 0.05) is 11.1 Å². The third-order valence-corrected chi connectivity index (χ3v) is 3.39. The lowest BCUT2D eigenvalue weighted by Gasteiger charge is -2.06. The van der Waals surface area contributed by atoms with E-state index in [2.05, 4.69) is 20.8 Å². The van der Waals surface area contributed by atoms with E-state index in [-0.39, 0.29) is 12.3 Å². The zero-order valence-electron chi connectivity index (χ0n) is 11.3. The fraction of sp³-hybridized carbons (Fsp3) is 0.267. The maximum Gasteiger partial charge on any atom is 0.229 e. The number of aromatic nitrogens is 2. The van der Waals surface area contributed by atoms with Gasteiger partial charge in [0.1, 0.15) is 5.82 Å². The first-order valence-corrected chi connectivity index (χ1v) is 7.21. The molecule has 0 bridgehead atoms. The molecule has 1 amide bonds. The molecule has 0 saturated heterocycles. The van der Waals surface area contributed by atoms with Gasteiger partial charge >= 0.3 is 0 Å². The Kier molecular flexibility index (Phi) is 4.01. The van der Waals surface area contributed by atoms with Gasteiger partial charge in [0.25, 0.3) is 0 Å². The number of carbonyl (C=O) groups is 1. The number of nitrogens with one attached hydrogen (secondary N) is 2. The summed E-state index contributed by atoms with van der Waals surface area (Å²) in [6.45, 7) is 0. The van der Waals surface area contributed by atoms with E-state index < -0.39 is 0 Å². The van der Waals surface area contributed by atoms with Gasteiger partial charge in [-0.3, -0.25) is 4.79 Å². The molecule has 2 aromatic rings. The van der Waals surface area contributed by atoms with Crippen molar-refractivity contribution in [2.75, 3.05) is 10.6 Å². The van der Waals surface area contributed by atoms with E-state index in [0.717, 1.165) is 11.4 Å². The van der Waals surface area contributed by atoms with Gasteiger partial charge in [-0.1, -0.05) is 23.7 Å². The fourth-order valence-corrected chi connectivity index (χ4v) is 2.01. The number of nitrogens with zero attached hydrogens (tertiary/aromatic N) is 2. The van der Waals surface area contributed by atoms with E-state index in [4.69, 9.17) is 11.6 Å².